The number of benzene rings is 6. The third kappa shape index (κ3) is 3.22. The molecule has 1 aliphatic rings. The molecule has 0 amide bonds. The van der Waals surface area contributed by atoms with Gasteiger partial charge in [0.15, 0.2) is 0 Å². The van der Waals surface area contributed by atoms with E-state index in [9.17, 15) is 0 Å². The molecule has 0 unspecified atom stereocenters. The van der Waals surface area contributed by atoms with Crippen LogP contribution in [0.1, 0.15) is 22.6 Å². The number of hydrogen-bond acceptors (Lipinski definition) is 0. The highest BCUT2D eigenvalue weighted by atomic mass is 14.3. The average Bonchev–Trinajstić information content (AvgIpc) is 3.27. The molecule has 6 aromatic rings. The van der Waals surface area contributed by atoms with Crippen LogP contribution in [0.5, 0.6) is 0 Å². The molecule has 0 bridgehead atoms. The van der Waals surface area contributed by atoms with Crippen LogP contribution in [0.15, 0.2) is 140 Å². The molecule has 0 saturated carbocycles. The Labute approximate surface area is 206 Å². The summed E-state index contributed by atoms with van der Waals surface area (Å²) in [6, 6.07) is 50.9. The monoisotopic (exact) mass is 444 g/mol. The summed E-state index contributed by atoms with van der Waals surface area (Å²) in [4.78, 5) is 0. The number of fused-ring (bicyclic) bond motifs is 4. The minimum Gasteiger partial charge on any atom is -0.0622 e. The van der Waals surface area contributed by atoms with Crippen LogP contribution >= 0.6 is 0 Å². The van der Waals surface area contributed by atoms with E-state index in [0.717, 1.165) is 0 Å². The smallest absolute Gasteiger partial charge is 0.0358 e. The van der Waals surface area contributed by atoms with Crippen molar-refractivity contribution in [2.24, 2.45) is 0 Å². The van der Waals surface area contributed by atoms with Crippen molar-refractivity contribution < 1.29 is 0 Å². The molecule has 6 aromatic carbocycles. The fourth-order valence-electron chi connectivity index (χ4n) is 5.80. The lowest BCUT2D eigenvalue weighted by molar-refractivity contribution is 1.02. The minimum atomic E-state index is 0.218. The van der Waals surface area contributed by atoms with Gasteiger partial charge in [-0.1, -0.05) is 140 Å². The molecule has 0 aromatic heterocycles. The maximum absolute atomic E-state index is 2.35. The van der Waals surface area contributed by atoms with E-state index in [1.807, 2.05) is 0 Å². The van der Waals surface area contributed by atoms with E-state index in [-0.39, 0.29) is 5.92 Å². The Bertz CT molecular complexity index is 1630. The van der Waals surface area contributed by atoms with Crippen molar-refractivity contribution in [3.63, 3.8) is 0 Å². The largest absolute Gasteiger partial charge is 0.0622 e. The summed E-state index contributed by atoms with van der Waals surface area (Å²) in [6.45, 7) is 0. The van der Waals surface area contributed by atoms with Gasteiger partial charge in [-0.15, -0.1) is 0 Å². The summed E-state index contributed by atoms with van der Waals surface area (Å²) in [5, 5.41) is 2.58. The van der Waals surface area contributed by atoms with Crippen LogP contribution in [0.3, 0.4) is 0 Å². The Hall–Kier alpha value is -4.42. The normalized spacial score (nSPS) is 12.5. The highest BCUT2D eigenvalue weighted by Gasteiger charge is 2.31. The molecular weight excluding hydrogens is 420 g/mol. The van der Waals surface area contributed by atoms with Gasteiger partial charge in [-0.05, 0) is 60.8 Å². The summed E-state index contributed by atoms with van der Waals surface area (Å²) in [7, 11) is 0. The molecule has 0 heteroatoms. The number of hydrogen-bond donors (Lipinski definition) is 0. The predicted octanol–water partition coefficient (Wildman–Crippen LogP) is 9.33. The van der Waals surface area contributed by atoms with Crippen molar-refractivity contribution in [1.82, 2.24) is 0 Å². The second-order valence-corrected chi connectivity index (χ2v) is 9.30. The molecule has 164 valence electrons. The summed E-state index contributed by atoms with van der Waals surface area (Å²) in [5.74, 6) is 0.218. The van der Waals surface area contributed by atoms with Crippen molar-refractivity contribution in [2.75, 3.05) is 0 Å². The van der Waals surface area contributed by atoms with Crippen LogP contribution in [0, 0.1) is 0 Å². The minimum absolute atomic E-state index is 0.218. The molecule has 0 atom stereocenters. The van der Waals surface area contributed by atoms with Crippen molar-refractivity contribution in [3.8, 4) is 33.4 Å². The first-order valence-corrected chi connectivity index (χ1v) is 12.2. The molecule has 0 spiro atoms. The van der Waals surface area contributed by atoms with Crippen molar-refractivity contribution >= 4 is 10.8 Å². The maximum Gasteiger partial charge on any atom is 0.0358 e. The quantitative estimate of drug-likeness (QED) is 0.255. The van der Waals surface area contributed by atoms with E-state index in [2.05, 4.69) is 140 Å². The van der Waals surface area contributed by atoms with Crippen molar-refractivity contribution in [2.45, 2.75) is 5.92 Å². The third-order valence-corrected chi connectivity index (χ3v) is 7.39. The molecule has 7 rings (SSSR count). The summed E-state index contributed by atoms with van der Waals surface area (Å²) < 4.78 is 0. The van der Waals surface area contributed by atoms with Crippen molar-refractivity contribution in [1.29, 1.82) is 0 Å². The zero-order chi connectivity index (χ0) is 23.2. The summed E-state index contributed by atoms with van der Waals surface area (Å²) in [6.07, 6.45) is 0. The Morgan fingerprint density at radius 2 is 0.886 bits per heavy atom. The molecule has 0 fully saturated rings. The molecule has 1 aliphatic carbocycles. The first-order chi connectivity index (χ1) is 17.4. The van der Waals surface area contributed by atoms with Crippen LogP contribution in [0.25, 0.3) is 44.2 Å². The summed E-state index contributed by atoms with van der Waals surface area (Å²) >= 11 is 0. The molecule has 0 aliphatic heterocycles. The van der Waals surface area contributed by atoms with Gasteiger partial charge in [0, 0.05) is 5.92 Å². The zero-order valence-electron chi connectivity index (χ0n) is 19.4. The van der Waals surface area contributed by atoms with Gasteiger partial charge in [0.05, 0.1) is 0 Å². The Kier molecular flexibility index (Phi) is 4.63. The van der Waals surface area contributed by atoms with E-state index >= 15 is 0 Å². The van der Waals surface area contributed by atoms with Crippen LogP contribution in [0.4, 0.5) is 0 Å². The van der Waals surface area contributed by atoms with Gasteiger partial charge in [0.2, 0.25) is 0 Å². The molecular formula is C35H24. The summed E-state index contributed by atoms with van der Waals surface area (Å²) in [5.41, 5.74) is 11.9. The highest BCUT2D eigenvalue weighted by molar-refractivity contribution is 6.00. The van der Waals surface area contributed by atoms with Crippen LogP contribution in [-0.4, -0.2) is 0 Å². The Balaban J connectivity index is 1.47. The molecule has 35 heavy (non-hydrogen) atoms. The first-order valence-electron chi connectivity index (χ1n) is 12.2. The number of rotatable bonds is 3. The SMILES string of the molecule is c1ccc(-c2ccc(-c3c(C4c5ccccc5-c5ccccc54)ccc4ccccc34)cc2)cc1. The van der Waals surface area contributed by atoms with Crippen LogP contribution < -0.4 is 0 Å². The average molecular weight is 445 g/mol. The van der Waals surface area contributed by atoms with E-state index in [1.165, 1.54) is 60.8 Å². The predicted molar refractivity (Wildman–Crippen MR) is 148 cm³/mol. The van der Waals surface area contributed by atoms with Gasteiger partial charge in [0.1, 0.15) is 0 Å². The van der Waals surface area contributed by atoms with Gasteiger partial charge >= 0.3 is 0 Å². The molecule has 0 radical (unpaired) electrons. The van der Waals surface area contributed by atoms with Gasteiger partial charge in [-0.25, -0.2) is 0 Å². The molecule has 0 heterocycles. The van der Waals surface area contributed by atoms with Crippen LogP contribution in [0.2, 0.25) is 0 Å². The Morgan fingerprint density at radius 1 is 0.343 bits per heavy atom. The van der Waals surface area contributed by atoms with Gasteiger partial charge in [-0.3, -0.25) is 0 Å². The van der Waals surface area contributed by atoms with Gasteiger partial charge < -0.3 is 0 Å². The van der Waals surface area contributed by atoms with Gasteiger partial charge in [0.25, 0.3) is 0 Å². The second kappa shape index (κ2) is 8.11. The van der Waals surface area contributed by atoms with E-state index in [1.54, 1.807) is 0 Å². The van der Waals surface area contributed by atoms with E-state index in [4.69, 9.17) is 0 Å². The van der Waals surface area contributed by atoms with E-state index < -0.39 is 0 Å². The topological polar surface area (TPSA) is 0 Å². The fraction of sp³-hybridized carbons (Fsp3) is 0.0286. The zero-order valence-corrected chi connectivity index (χ0v) is 19.4. The van der Waals surface area contributed by atoms with Crippen LogP contribution in [-0.2, 0) is 0 Å². The lowest BCUT2D eigenvalue weighted by atomic mass is 9.82. The first kappa shape index (κ1) is 20.0. The second-order valence-electron chi connectivity index (χ2n) is 9.30. The van der Waals surface area contributed by atoms with Crippen molar-refractivity contribution in [3.05, 3.63) is 156 Å². The fourth-order valence-corrected chi connectivity index (χ4v) is 5.80. The molecule has 0 nitrogen and oxygen atoms in total. The molecule has 0 saturated heterocycles. The van der Waals surface area contributed by atoms with Gasteiger partial charge in [-0.2, -0.15) is 0 Å². The lowest BCUT2D eigenvalue weighted by Crippen LogP contribution is -2.02. The van der Waals surface area contributed by atoms with E-state index in [0.29, 0.717) is 0 Å². The highest BCUT2D eigenvalue weighted by Crippen LogP contribution is 2.51. The maximum atomic E-state index is 2.35. The lowest BCUT2D eigenvalue weighted by Gasteiger charge is -2.21. The standard InChI is InChI=1S/C35H24/c1-2-10-24(11-3-1)25-18-20-27(21-19-25)34-28-13-5-4-12-26(28)22-23-33(34)35-31-16-8-6-14-29(31)30-15-7-9-17-32(30)35/h1-23,35H. The Morgan fingerprint density at radius 3 is 1.60 bits per heavy atom. The molecule has 0 N–H and O–H groups in total. The third-order valence-electron chi connectivity index (χ3n) is 7.39.